The van der Waals surface area contributed by atoms with Crippen LogP contribution in [0.15, 0.2) is 52.5 Å². The number of benzene rings is 1. The second kappa shape index (κ2) is 7.98. The Balaban J connectivity index is 1.50. The highest BCUT2D eigenvalue weighted by Gasteiger charge is 2.46. The van der Waals surface area contributed by atoms with Gasteiger partial charge in [0.15, 0.2) is 5.82 Å². The van der Waals surface area contributed by atoms with Crippen molar-refractivity contribution >= 4 is 47.1 Å². The first-order chi connectivity index (χ1) is 16.5. The maximum absolute atomic E-state index is 13.9. The van der Waals surface area contributed by atoms with Crippen LogP contribution in [0.5, 0.6) is 0 Å². The summed E-state index contributed by atoms with van der Waals surface area (Å²) in [6.45, 7) is 1.95. The number of rotatable bonds is 4. The Kier molecular flexibility index (Phi) is 5.02. The van der Waals surface area contributed by atoms with E-state index in [1.54, 1.807) is 23.7 Å². The van der Waals surface area contributed by atoms with E-state index in [9.17, 15) is 9.59 Å². The molecular formula is C26H27N5O2S. The molecule has 3 unspecified atom stereocenters. The third kappa shape index (κ3) is 3.11. The van der Waals surface area contributed by atoms with Crippen LogP contribution < -0.4 is 14.7 Å². The highest BCUT2D eigenvalue weighted by Crippen LogP contribution is 2.47. The van der Waals surface area contributed by atoms with E-state index in [0.29, 0.717) is 11.9 Å². The SMILES string of the molecule is CSc1cccc2c1C(=O)N(c1ccc3c(n1)N(C1CC1)C(C)C(=O)N3C)C2C1C=NC=CC1. The summed E-state index contributed by atoms with van der Waals surface area (Å²) in [5.41, 5.74) is 2.59. The van der Waals surface area contributed by atoms with Gasteiger partial charge in [-0.25, -0.2) is 4.98 Å². The van der Waals surface area contributed by atoms with Gasteiger partial charge in [0.1, 0.15) is 11.9 Å². The van der Waals surface area contributed by atoms with E-state index in [0.717, 1.165) is 46.8 Å². The lowest BCUT2D eigenvalue weighted by atomic mass is 9.90. The van der Waals surface area contributed by atoms with E-state index in [1.807, 2.05) is 54.8 Å². The number of anilines is 3. The van der Waals surface area contributed by atoms with Crippen LogP contribution in [0.25, 0.3) is 0 Å². The number of hydrogen-bond acceptors (Lipinski definition) is 6. The van der Waals surface area contributed by atoms with E-state index in [-0.39, 0.29) is 29.8 Å². The van der Waals surface area contributed by atoms with Gasteiger partial charge >= 0.3 is 0 Å². The molecule has 4 heterocycles. The first-order valence-electron chi connectivity index (χ1n) is 11.8. The second-order valence-electron chi connectivity index (χ2n) is 9.35. The number of nitrogens with zero attached hydrogens (tertiary/aromatic N) is 5. The molecule has 3 aliphatic heterocycles. The van der Waals surface area contributed by atoms with E-state index in [1.165, 1.54) is 0 Å². The molecule has 1 fully saturated rings. The average molecular weight is 474 g/mol. The van der Waals surface area contributed by atoms with Crippen molar-refractivity contribution in [2.45, 2.75) is 49.2 Å². The summed E-state index contributed by atoms with van der Waals surface area (Å²) in [6, 6.07) is 9.81. The van der Waals surface area contributed by atoms with Crippen molar-refractivity contribution < 1.29 is 9.59 Å². The smallest absolute Gasteiger partial charge is 0.261 e. The van der Waals surface area contributed by atoms with Crippen molar-refractivity contribution in [3.05, 3.63) is 53.7 Å². The Morgan fingerprint density at radius 3 is 2.65 bits per heavy atom. The van der Waals surface area contributed by atoms with Crippen molar-refractivity contribution in [1.29, 1.82) is 0 Å². The molecule has 8 heteroatoms. The summed E-state index contributed by atoms with van der Waals surface area (Å²) < 4.78 is 0. The highest BCUT2D eigenvalue weighted by atomic mass is 32.2. The van der Waals surface area contributed by atoms with Crippen molar-refractivity contribution in [3.8, 4) is 0 Å². The summed E-state index contributed by atoms with van der Waals surface area (Å²) in [6.07, 6.45) is 10.8. The van der Waals surface area contributed by atoms with Crippen LogP contribution in [-0.4, -0.2) is 48.4 Å². The molecule has 2 amide bonds. The lowest BCUT2D eigenvalue weighted by Crippen LogP contribution is -2.52. The third-order valence-electron chi connectivity index (χ3n) is 7.33. The van der Waals surface area contributed by atoms with Crippen LogP contribution in [0.2, 0.25) is 0 Å². The molecule has 0 saturated heterocycles. The maximum Gasteiger partial charge on any atom is 0.261 e. The minimum Gasteiger partial charge on any atom is -0.340 e. The number of pyridine rings is 1. The van der Waals surface area contributed by atoms with Crippen LogP contribution in [0, 0.1) is 5.92 Å². The van der Waals surface area contributed by atoms with Crippen molar-refractivity contribution in [3.63, 3.8) is 0 Å². The number of thioether (sulfide) groups is 1. The predicted molar refractivity (Wildman–Crippen MR) is 136 cm³/mol. The molecule has 0 radical (unpaired) electrons. The fourth-order valence-corrected chi connectivity index (χ4v) is 6.14. The molecule has 0 spiro atoms. The van der Waals surface area contributed by atoms with Gasteiger partial charge in [-0.05, 0) is 56.2 Å². The lowest BCUT2D eigenvalue weighted by molar-refractivity contribution is -0.119. The summed E-state index contributed by atoms with van der Waals surface area (Å²) in [4.78, 5) is 43.0. The quantitative estimate of drug-likeness (QED) is 0.614. The molecule has 174 valence electrons. The van der Waals surface area contributed by atoms with Gasteiger partial charge < -0.3 is 9.80 Å². The molecule has 1 saturated carbocycles. The van der Waals surface area contributed by atoms with E-state index in [2.05, 4.69) is 22.0 Å². The zero-order valence-electron chi connectivity index (χ0n) is 19.5. The first kappa shape index (κ1) is 21.4. The van der Waals surface area contributed by atoms with Crippen molar-refractivity contribution in [2.75, 3.05) is 28.0 Å². The lowest BCUT2D eigenvalue weighted by Gasteiger charge is -2.40. The molecule has 34 heavy (non-hydrogen) atoms. The zero-order valence-corrected chi connectivity index (χ0v) is 20.3. The summed E-state index contributed by atoms with van der Waals surface area (Å²) in [5.74, 6) is 1.53. The predicted octanol–water partition coefficient (Wildman–Crippen LogP) is 4.44. The summed E-state index contributed by atoms with van der Waals surface area (Å²) in [7, 11) is 1.80. The fourth-order valence-electron chi connectivity index (χ4n) is 5.52. The molecular weight excluding hydrogens is 446 g/mol. The third-order valence-corrected chi connectivity index (χ3v) is 8.11. The van der Waals surface area contributed by atoms with Gasteiger partial charge in [0.2, 0.25) is 5.91 Å². The van der Waals surface area contributed by atoms with Gasteiger partial charge in [-0.3, -0.25) is 19.5 Å². The Hall–Kier alpha value is -3.13. The maximum atomic E-state index is 13.9. The normalized spacial score (nSPS) is 25.7. The minimum absolute atomic E-state index is 0.0217. The number of likely N-dealkylation sites (N-methyl/N-ethyl adjacent to an activating group) is 1. The molecule has 0 bridgehead atoms. The standard InChI is InChI=1S/C26H27N5O2S/c1-15-25(32)29(2)19-11-12-21(28-24(19)30(15)17-9-10-17)31-23(16-6-5-13-27-14-16)18-7-4-8-20(34-3)22(18)26(31)33/h4-5,7-8,11-17,23H,6,9-10H2,1-3H3. The Labute approximate surface area is 203 Å². The number of aliphatic imine (C=N–C) groups is 1. The van der Waals surface area contributed by atoms with Crippen LogP contribution in [0.3, 0.4) is 0 Å². The molecule has 1 aliphatic carbocycles. The number of allylic oxidation sites excluding steroid dienone is 1. The number of amides is 2. The Morgan fingerprint density at radius 2 is 1.94 bits per heavy atom. The molecule has 7 nitrogen and oxygen atoms in total. The highest BCUT2D eigenvalue weighted by molar-refractivity contribution is 7.98. The van der Waals surface area contributed by atoms with Gasteiger partial charge in [-0.2, -0.15) is 0 Å². The number of hydrogen-bond donors (Lipinski definition) is 0. The molecule has 1 aromatic heterocycles. The molecule has 4 aliphatic rings. The van der Waals surface area contributed by atoms with Gasteiger partial charge in [0.05, 0.1) is 17.3 Å². The Morgan fingerprint density at radius 1 is 1.12 bits per heavy atom. The monoisotopic (exact) mass is 473 g/mol. The summed E-state index contributed by atoms with van der Waals surface area (Å²) in [5, 5.41) is 0. The van der Waals surface area contributed by atoms with Crippen LogP contribution >= 0.6 is 11.8 Å². The van der Waals surface area contributed by atoms with Crippen LogP contribution in [0.4, 0.5) is 17.3 Å². The number of fused-ring (bicyclic) bond motifs is 2. The summed E-state index contributed by atoms with van der Waals surface area (Å²) >= 11 is 1.59. The Bertz CT molecular complexity index is 1250. The largest absolute Gasteiger partial charge is 0.340 e. The zero-order chi connectivity index (χ0) is 23.6. The number of carbonyl (C=O) groups excluding carboxylic acids is 2. The van der Waals surface area contributed by atoms with Gasteiger partial charge in [0.25, 0.3) is 5.91 Å². The van der Waals surface area contributed by atoms with Crippen LogP contribution in [-0.2, 0) is 4.79 Å². The molecule has 2 aromatic rings. The van der Waals surface area contributed by atoms with Crippen molar-refractivity contribution in [2.24, 2.45) is 10.9 Å². The average Bonchev–Trinajstić information content (AvgIpc) is 3.65. The van der Waals surface area contributed by atoms with Gasteiger partial charge in [-0.15, -0.1) is 11.8 Å². The molecule has 6 rings (SSSR count). The fraction of sp³-hybridized carbons (Fsp3) is 0.385. The van der Waals surface area contributed by atoms with E-state index < -0.39 is 0 Å². The second-order valence-corrected chi connectivity index (χ2v) is 10.2. The first-order valence-corrected chi connectivity index (χ1v) is 13.0. The minimum atomic E-state index is -0.270. The molecule has 0 N–H and O–H groups in total. The van der Waals surface area contributed by atoms with Crippen LogP contribution in [0.1, 0.15) is 48.1 Å². The topological polar surface area (TPSA) is 69.1 Å². The van der Waals surface area contributed by atoms with E-state index in [4.69, 9.17) is 4.98 Å². The number of aromatic nitrogens is 1. The van der Waals surface area contributed by atoms with E-state index >= 15 is 0 Å². The molecule has 3 atom stereocenters. The number of carbonyl (C=O) groups is 2. The van der Waals surface area contributed by atoms with Crippen molar-refractivity contribution in [1.82, 2.24) is 4.98 Å². The van der Waals surface area contributed by atoms with Gasteiger partial charge in [0, 0.05) is 36.3 Å². The van der Waals surface area contributed by atoms with Gasteiger partial charge in [-0.1, -0.05) is 18.2 Å². The molecule has 1 aromatic carbocycles.